The molecule has 2 unspecified atom stereocenters. The van der Waals surface area contributed by atoms with E-state index in [4.69, 9.17) is 14.2 Å². The number of hydrogen-bond donors (Lipinski definition) is 1. The van der Waals surface area contributed by atoms with Crippen LogP contribution in [0.25, 0.3) is 0 Å². The lowest BCUT2D eigenvalue weighted by atomic mass is 9.80. The largest absolute Gasteiger partial charge is 0.463 e. The summed E-state index contributed by atoms with van der Waals surface area (Å²) in [5.41, 5.74) is -1.69. The van der Waals surface area contributed by atoms with Crippen molar-refractivity contribution in [2.75, 3.05) is 13.2 Å². The highest BCUT2D eigenvalue weighted by molar-refractivity contribution is 6.05. The number of esters is 2. The molecular formula is C22H23NO8. The molecule has 0 amide bonds. The number of aliphatic hydroxyl groups is 1. The first kappa shape index (κ1) is 22.4. The number of rotatable bonds is 7. The predicted octanol–water partition coefficient (Wildman–Crippen LogP) is 2.81. The van der Waals surface area contributed by atoms with E-state index in [0.29, 0.717) is 5.56 Å². The average molecular weight is 429 g/mol. The van der Waals surface area contributed by atoms with Crippen LogP contribution in [0, 0.1) is 10.1 Å². The monoisotopic (exact) mass is 429 g/mol. The Morgan fingerprint density at radius 1 is 1.06 bits per heavy atom. The molecule has 9 nitrogen and oxygen atoms in total. The topological polar surface area (TPSA) is 125 Å². The molecule has 0 spiro atoms. The van der Waals surface area contributed by atoms with E-state index < -0.39 is 34.2 Å². The van der Waals surface area contributed by atoms with Crippen LogP contribution >= 0.6 is 0 Å². The van der Waals surface area contributed by atoms with Gasteiger partial charge in [-0.2, -0.15) is 0 Å². The molecular weight excluding hydrogens is 406 g/mol. The Morgan fingerprint density at radius 3 is 2.10 bits per heavy atom. The maximum absolute atomic E-state index is 13.1. The second-order valence-electron chi connectivity index (χ2n) is 7.03. The molecule has 2 aromatic carbocycles. The van der Waals surface area contributed by atoms with Crippen LogP contribution in [-0.2, 0) is 29.6 Å². The van der Waals surface area contributed by atoms with Gasteiger partial charge in [0.1, 0.15) is 0 Å². The number of hydrogen-bond acceptors (Lipinski definition) is 8. The quantitative estimate of drug-likeness (QED) is 0.308. The van der Waals surface area contributed by atoms with Crippen LogP contribution in [0.4, 0.5) is 5.69 Å². The highest BCUT2D eigenvalue weighted by Gasteiger charge is 2.67. The van der Waals surface area contributed by atoms with Crippen LogP contribution in [0.15, 0.2) is 54.6 Å². The molecule has 0 saturated carbocycles. The molecule has 1 N–H and O–H groups in total. The summed E-state index contributed by atoms with van der Waals surface area (Å²) >= 11 is 0. The zero-order valence-corrected chi connectivity index (χ0v) is 17.1. The van der Waals surface area contributed by atoms with Crippen molar-refractivity contribution in [3.05, 3.63) is 75.8 Å². The third-order valence-electron chi connectivity index (χ3n) is 5.19. The van der Waals surface area contributed by atoms with Crippen molar-refractivity contribution in [2.45, 2.75) is 37.6 Å². The van der Waals surface area contributed by atoms with Crippen molar-refractivity contribution in [1.82, 2.24) is 0 Å². The first-order valence-corrected chi connectivity index (χ1v) is 9.85. The minimum absolute atomic E-state index is 0.0131. The van der Waals surface area contributed by atoms with E-state index >= 15 is 0 Å². The van der Waals surface area contributed by atoms with Crippen molar-refractivity contribution in [3.8, 4) is 0 Å². The van der Waals surface area contributed by atoms with Crippen LogP contribution in [0.3, 0.4) is 0 Å². The summed E-state index contributed by atoms with van der Waals surface area (Å²) in [5.74, 6) is -4.96. The third-order valence-corrected chi connectivity index (χ3v) is 5.19. The van der Waals surface area contributed by atoms with Gasteiger partial charge in [-0.25, -0.2) is 9.59 Å². The minimum atomic E-state index is -2.25. The molecule has 9 heteroatoms. The van der Waals surface area contributed by atoms with Gasteiger partial charge in [0.2, 0.25) is 0 Å². The van der Waals surface area contributed by atoms with Gasteiger partial charge >= 0.3 is 11.9 Å². The van der Waals surface area contributed by atoms with Crippen molar-refractivity contribution in [2.24, 2.45) is 0 Å². The van der Waals surface area contributed by atoms with Gasteiger partial charge in [0.05, 0.1) is 18.1 Å². The Hall–Kier alpha value is -3.30. The Bertz CT molecular complexity index is 941. The van der Waals surface area contributed by atoms with Gasteiger partial charge in [-0.1, -0.05) is 30.3 Å². The fraction of sp³-hybridized carbons (Fsp3) is 0.364. The molecule has 0 bridgehead atoms. The van der Waals surface area contributed by atoms with Gasteiger partial charge in [-0.15, -0.1) is 0 Å². The summed E-state index contributed by atoms with van der Waals surface area (Å²) < 4.78 is 16.2. The molecule has 1 fully saturated rings. The number of ether oxygens (including phenoxy) is 3. The highest BCUT2D eigenvalue weighted by atomic mass is 16.7. The first-order valence-electron chi connectivity index (χ1n) is 9.85. The summed E-state index contributed by atoms with van der Waals surface area (Å²) in [6, 6.07) is 13.7. The summed E-state index contributed by atoms with van der Waals surface area (Å²) in [6.45, 7) is 3.15. The van der Waals surface area contributed by atoms with Gasteiger partial charge in [0.15, 0.2) is 5.79 Å². The molecule has 3 rings (SSSR count). The Labute approximate surface area is 178 Å². The SMILES string of the molecule is CCOC(=O)C1(C(=O)OCC)OC(O)(c2ccc([N+](=O)[O-])cc2)CC1c1ccccc1. The van der Waals surface area contributed by atoms with Crippen molar-refractivity contribution < 1.29 is 33.8 Å². The Kier molecular flexibility index (Phi) is 6.37. The smallest absolute Gasteiger partial charge is 0.351 e. The molecule has 0 radical (unpaired) electrons. The van der Waals surface area contributed by atoms with Gasteiger partial charge in [0, 0.05) is 30.0 Å². The average Bonchev–Trinajstić information content (AvgIpc) is 3.11. The first-order chi connectivity index (χ1) is 14.8. The molecule has 1 heterocycles. The van der Waals surface area contributed by atoms with E-state index in [1.807, 2.05) is 0 Å². The van der Waals surface area contributed by atoms with E-state index in [9.17, 15) is 24.8 Å². The molecule has 0 aromatic heterocycles. The van der Waals surface area contributed by atoms with E-state index in [1.165, 1.54) is 24.3 Å². The van der Waals surface area contributed by atoms with Gasteiger partial charge < -0.3 is 19.3 Å². The second-order valence-corrected chi connectivity index (χ2v) is 7.03. The summed E-state index contributed by atoms with van der Waals surface area (Å²) in [7, 11) is 0. The zero-order chi connectivity index (χ0) is 22.6. The van der Waals surface area contributed by atoms with Crippen LogP contribution in [0.5, 0.6) is 0 Å². The minimum Gasteiger partial charge on any atom is -0.463 e. The molecule has 1 aliphatic rings. The van der Waals surface area contributed by atoms with Crippen molar-refractivity contribution >= 4 is 17.6 Å². The van der Waals surface area contributed by atoms with Crippen LogP contribution < -0.4 is 0 Å². The van der Waals surface area contributed by atoms with Crippen LogP contribution in [0.1, 0.15) is 37.3 Å². The maximum atomic E-state index is 13.1. The number of nitrogens with zero attached hydrogens (tertiary/aromatic N) is 1. The second kappa shape index (κ2) is 8.83. The number of carbonyl (C=O) groups excluding carboxylic acids is 2. The summed E-state index contributed by atoms with van der Waals surface area (Å²) in [6.07, 6.45) is -0.174. The van der Waals surface area contributed by atoms with Gasteiger partial charge in [-0.3, -0.25) is 10.1 Å². The summed E-state index contributed by atoms with van der Waals surface area (Å²) in [5, 5.41) is 22.4. The van der Waals surface area contributed by atoms with E-state index in [2.05, 4.69) is 0 Å². The number of nitro benzene ring substituents is 1. The lowest BCUT2D eigenvalue weighted by Crippen LogP contribution is -2.53. The number of carbonyl (C=O) groups is 2. The summed E-state index contributed by atoms with van der Waals surface area (Å²) in [4.78, 5) is 36.6. The fourth-order valence-corrected chi connectivity index (χ4v) is 3.79. The maximum Gasteiger partial charge on any atom is 0.351 e. The van der Waals surface area contributed by atoms with Gasteiger partial charge in [-0.05, 0) is 31.5 Å². The lowest BCUT2D eigenvalue weighted by molar-refractivity contribution is -0.384. The molecule has 164 valence electrons. The predicted molar refractivity (Wildman–Crippen MR) is 108 cm³/mol. The number of nitro groups is 1. The van der Waals surface area contributed by atoms with Crippen molar-refractivity contribution in [1.29, 1.82) is 0 Å². The fourth-order valence-electron chi connectivity index (χ4n) is 3.79. The molecule has 2 atom stereocenters. The molecule has 31 heavy (non-hydrogen) atoms. The molecule has 1 aliphatic heterocycles. The number of benzene rings is 2. The lowest BCUT2D eigenvalue weighted by Gasteiger charge is -2.31. The van der Waals surface area contributed by atoms with E-state index in [0.717, 1.165) is 0 Å². The highest BCUT2D eigenvalue weighted by Crippen LogP contribution is 2.52. The zero-order valence-electron chi connectivity index (χ0n) is 17.1. The van der Waals surface area contributed by atoms with Crippen molar-refractivity contribution in [3.63, 3.8) is 0 Å². The third kappa shape index (κ3) is 4.01. The van der Waals surface area contributed by atoms with Crippen LogP contribution in [0.2, 0.25) is 0 Å². The molecule has 1 saturated heterocycles. The molecule has 0 aliphatic carbocycles. The van der Waals surface area contributed by atoms with E-state index in [-0.39, 0.29) is 30.9 Å². The number of non-ortho nitro benzene ring substituents is 1. The standard InChI is InChI=1S/C22H23NO8/c1-3-29-19(24)22(20(25)30-4-2)18(15-8-6-5-7-9-15)14-21(26,31-22)16-10-12-17(13-11-16)23(27)28/h5-13,18,26H,3-4,14H2,1-2H3. The van der Waals surface area contributed by atoms with E-state index in [1.54, 1.807) is 44.2 Å². The Balaban J connectivity index is 2.14. The Morgan fingerprint density at radius 2 is 1.61 bits per heavy atom. The van der Waals surface area contributed by atoms with Crippen LogP contribution in [-0.4, -0.2) is 40.8 Å². The molecule has 2 aromatic rings. The normalized spacial score (nSPS) is 22.0. The van der Waals surface area contributed by atoms with Gasteiger partial charge in [0.25, 0.3) is 11.3 Å².